The van der Waals surface area contributed by atoms with Crippen LogP contribution in [0.25, 0.3) is 10.7 Å². The van der Waals surface area contributed by atoms with Crippen LogP contribution in [0.15, 0.2) is 24.0 Å². The molecule has 0 N–H and O–H groups in total. The first-order valence-corrected chi connectivity index (χ1v) is 9.64. The van der Waals surface area contributed by atoms with Gasteiger partial charge in [-0.2, -0.15) is 4.31 Å². The predicted molar refractivity (Wildman–Crippen MR) is 85.5 cm³/mol. The van der Waals surface area contributed by atoms with Crippen molar-refractivity contribution in [2.45, 2.75) is 0 Å². The maximum absolute atomic E-state index is 12.5. The molecule has 0 radical (unpaired) electrons. The van der Waals surface area contributed by atoms with Gasteiger partial charge in [-0.3, -0.25) is 14.8 Å². The second-order valence-corrected chi connectivity index (χ2v) is 7.92. The Balaban J connectivity index is 1.69. The van der Waals surface area contributed by atoms with E-state index in [9.17, 15) is 13.2 Å². The fraction of sp³-hybridized carbons (Fsp3) is 0.385. The smallest absolute Gasteiger partial charge is 0.273 e. The van der Waals surface area contributed by atoms with Crippen LogP contribution in [0.3, 0.4) is 0 Å². The Labute approximate surface area is 137 Å². The fourth-order valence-electron chi connectivity index (χ4n) is 2.28. The average molecular weight is 353 g/mol. The first-order chi connectivity index (χ1) is 10.9. The zero-order valence-corrected chi connectivity index (χ0v) is 14.0. The Morgan fingerprint density at radius 2 is 1.96 bits per heavy atom. The van der Waals surface area contributed by atoms with Crippen LogP contribution >= 0.6 is 11.3 Å². The molecule has 0 aromatic carbocycles. The van der Waals surface area contributed by atoms with Crippen LogP contribution < -0.4 is 0 Å². The maximum atomic E-state index is 12.5. The summed E-state index contributed by atoms with van der Waals surface area (Å²) in [5, 5.41) is 2.33. The summed E-state index contributed by atoms with van der Waals surface area (Å²) in [6.45, 7) is 1.35. The minimum absolute atomic E-state index is 0.190. The Morgan fingerprint density at radius 1 is 1.22 bits per heavy atom. The number of aromatic nitrogens is 3. The lowest BCUT2D eigenvalue weighted by Gasteiger charge is -2.32. The molecule has 0 bridgehead atoms. The van der Waals surface area contributed by atoms with Crippen LogP contribution in [0.4, 0.5) is 0 Å². The van der Waals surface area contributed by atoms with Crippen molar-refractivity contribution in [3.63, 3.8) is 0 Å². The van der Waals surface area contributed by atoms with Crippen molar-refractivity contribution >= 4 is 27.3 Å². The second-order valence-electron chi connectivity index (χ2n) is 5.08. The second kappa shape index (κ2) is 6.30. The Hall–Kier alpha value is -1.91. The Morgan fingerprint density at radius 3 is 2.57 bits per heavy atom. The molecule has 0 atom stereocenters. The van der Waals surface area contributed by atoms with Gasteiger partial charge in [-0.05, 0) is 0 Å². The molecule has 1 aliphatic heterocycles. The summed E-state index contributed by atoms with van der Waals surface area (Å²) in [6.07, 6.45) is 5.92. The van der Waals surface area contributed by atoms with E-state index < -0.39 is 10.0 Å². The van der Waals surface area contributed by atoms with Crippen molar-refractivity contribution in [2.24, 2.45) is 0 Å². The van der Waals surface area contributed by atoms with E-state index in [-0.39, 0.29) is 5.91 Å². The molecule has 2 aromatic heterocycles. The lowest BCUT2D eigenvalue weighted by Crippen LogP contribution is -2.50. The van der Waals surface area contributed by atoms with E-state index in [4.69, 9.17) is 0 Å². The van der Waals surface area contributed by atoms with Gasteiger partial charge in [-0.1, -0.05) is 0 Å². The summed E-state index contributed by atoms with van der Waals surface area (Å²) in [5.74, 6) is -0.190. The van der Waals surface area contributed by atoms with Crippen LogP contribution in [0.2, 0.25) is 0 Å². The van der Waals surface area contributed by atoms with Crippen LogP contribution in [-0.4, -0.2) is 70.9 Å². The topological polar surface area (TPSA) is 96.4 Å². The van der Waals surface area contributed by atoms with Gasteiger partial charge >= 0.3 is 0 Å². The van der Waals surface area contributed by atoms with Gasteiger partial charge in [-0.15, -0.1) is 11.3 Å². The molecular formula is C13H15N5O3S2. The molecule has 10 heteroatoms. The quantitative estimate of drug-likeness (QED) is 0.788. The Kier molecular flexibility index (Phi) is 4.37. The summed E-state index contributed by atoms with van der Waals surface area (Å²) in [5.41, 5.74) is 0.974. The van der Waals surface area contributed by atoms with Gasteiger partial charge in [0.25, 0.3) is 5.91 Å². The van der Waals surface area contributed by atoms with Gasteiger partial charge < -0.3 is 4.90 Å². The van der Waals surface area contributed by atoms with Crippen molar-refractivity contribution in [3.8, 4) is 10.7 Å². The number of rotatable bonds is 3. The summed E-state index contributed by atoms with van der Waals surface area (Å²) in [7, 11) is -3.20. The highest BCUT2D eigenvalue weighted by atomic mass is 32.2. The average Bonchev–Trinajstić information content (AvgIpc) is 3.04. The summed E-state index contributed by atoms with van der Waals surface area (Å²) < 4.78 is 24.4. The number of sulfonamides is 1. The van der Waals surface area contributed by atoms with Crippen LogP contribution in [0, 0.1) is 0 Å². The third-order valence-corrected chi connectivity index (χ3v) is 5.67. The molecule has 1 fully saturated rings. The minimum Gasteiger partial charge on any atom is -0.335 e. The van der Waals surface area contributed by atoms with Crippen molar-refractivity contribution < 1.29 is 13.2 Å². The van der Waals surface area contributed by atoms with Crippen molar-refractivity contribution in [3.05, 3.63) is 29.7 Å². The number of piperazine rings is 1. The summed E-state index contributed by atoms with van der Waals surface area (Å²) in [6, 6.07) is 0. The number of nitrogens with zero attached hydrogens (tertiary/aromatic N) is 5. The van der Waals surface area contributed by atoms with Crippen LogP contribution in [0.1, 0.15) is 10.5 Å². The van der Waals surface area contributed by atoms with Gasteiger partial charge in [0, 0.05) is 44.0 Å². The van der Waals surface area contributed by atoms with E-state index in [0.29, 0.717) is 42.6 Å². The normalized spacial score (nSPS) is 16.5. The standard InChI is InChI=1S/C13H15N5O3S2/c1-23(20,21)18-6-4-17(5-7-18)13(19)11-9-22-12(16-11)10-8-14-2-3-15-10/h2-3,8-9H,4-7H2,1H3. The van der Waals surface area contributed by atoms with Gasteiger partial charge in [0.2, 0.25) is 10.0 Å². The first-order valence-electron chi connectivity index (χ1n) is 6.91. The third kappa shape index (κ3) is 3.54. The number of carbonyl (C=O) groups excluding carboxylic acids is 1. The zero-order chi connectivity index (χ0) is 16.4. The Bertz CT molecular complexity index is 798. The molecule has 0 aliphatic carbocycles. The van der Waals surface area contributed by atoms with E-state index >= 15 is 0 Å². The largest absolute Gasteiger partial charge is 0.335 e. The summed E-state index contributed by atoms with van der Waals surface area (Å²) >= 11 is 1.33. The fourth-order valence-corrected chi connectivity index (χ4v) is 3.86. The number of carbonyl (C=O) groups is 1. The van der Waals surface area contributed by atoms with Gasteiger partial charge in [0.15, 0.2) is 0 Å². The molecule has 1 saturated heterocycles. The number of hydrogen-bond donors (Lipinski definition) is 0. The molecule has 122 valence electrons. The van der Waals surface area contributed by atoms with Crippen LogP contribution in [-0.2, 0) is 10.0 Å². The molecule has 8 nitrogen and oxygen atoms in total. The highest BCUT2D eigenvalue weighted by Crippen LogP contribution is 2.22. The third-order valence-electron chi connectivity index (χ3n) is 3.50. The molecule has 0 unspecified atom stereocenters. The predicted octanol–water partition coefficient (Wildman–Crippen LogP) is 0.318. The van der Waals surface area contributed by atoms with E-state index in [1.807, 2.05) is 0 Å². The molecule has 0 spiro atoms. The van der Waals surface area contributed by atoms with Crippen molar-refractivity contribution in [2.75, 3.05) is 32.4 Å². The van der Waals surface area contributed by atoms with E-state index in [2.05, 4.69) is 15.0 Å². The molecular weight excluding hydrogens is 338 g/mol. The first kappa shape index (κ1) is 16.0. The molecule has 3 rings (SSSR count). The van der Waals surface area contributed by atoms with E-state index in [0.717, 1.165) is 0 Å². The molecule has 23 heavy (non-hydrogen) atoms. The van der Waals surface area contributed by atoms with Gasteiger partial charge in [0.1, 0.15) is 16.4 Å². The van der Waals surface area contributed by atoms with E-state index in [1.165, 1.54) is 21.9 Å². The van der Waals surface area contributed by atoms with Crippen molar-refractivity contribution in [1.29, 1.82) is 0 Å². The van der Waals surface area contributed by atoms with Gasteiger partial charge in [0.05, 0.1) is 12.5 Å². The van der Waals surface area contributed by atoms with Gasteiger partial charge in [-0.25, -0.2) is 13.4 Å². The highest BCUT2D eigenvalue weighted by Gasteiger charge is 2.27. The lowest BCUT2D eigenvalue weighted by molar-refractivity contribution is 0.0693. The minimum atomic E-state index is -3.20. The molecule has 0 saturated carbocycles. The maximum Gasteiger partial charge on any atom is 0.273 e. The number of thiazole rings is 1. The van der Waals surface area contributed by atoms with Crippen LogP contribution in [0.5, 0.6) is 0 Å². The SMILES string of the molecule is CS(=O)(=O)N1CCN(C(=O)c2csc(-c3cnccn3)n2)CC1. The zero-order valence-electron chi connectivity index (χ0n) is 12.4. The molecule has 3 heterocycles. The number of hydrogen-bond acceptors (Lipinski definition) is 7. The molecule has 1 amide bonds. The molecule has 1 aliphatic rings. The monoisotopic (exact) mass is 353 g/mol. The molecule has 2 aromatic rings. The summed E-state index contributed by atoms with van der Waals surface area (Å²) in [4.78, 5) is 26.5. The van der Waals surface area contributed by atoms with Crippen molar-refractivity contribution in [1.82, 2.24) is 24.2 Å². The van der Waals surface area contributed by atoms with E-state index in [1.54, 1.807) is 28.9 Å². The number of amides is 1. The highest BCUT2D eigenvalue weighted by molar-refractivity contribution is 7.88. The lowest BCUT2D eigenvalue weighted by atomic mass is 10.3.